The van der Waals surface area contributed by atoms with Crippen LogP contribution in [-0.2, 0) is 0 Å². The molecule has 2 rings (SSSR count). The molecule has 0 unspecified atom stereocenters. The Labute approximate surface area is 149 Å². The SMILES string of the molecule is C=CCOc1ccc(Br)cc1/C=N/NC(=S)Nc1ccccc1. The van der Waals surface area contributed by atoms with E-state index in [4.69, 9.17) is 17.0 Å². The van der Waals surface area contributed by atoms with Gasteiger partial charge in [0.15, 0.2) is 5.11 Å². The quantitative estimate of drug-likeness (QED) is 0.334. The predicted molar refractivity (Wildman–Crippen MR) is 103 cm³/mol. The van der Waals surface area contributed by atoms with E-state index in [1.165, 1.54) is 0 Å². The Morgan fingerprint density at radius 1 is 1.26 bits per heavy atom. The fourth-order valence-electron chi connectivity index (χ4n) is 1.74. The number of nitrogens with one attached hydrogen (secondary N) is 2. The van der Waals surface area contributed by atoms with Crippen LogP contribution < -0.4 is 15.5 Å². The van der Waals surface area contributed by atoms with E-state index in [0.717, 1.165) is 21.5 Å². The van der Waals surface area contributed by atoms with Crippen LogP contribution in [0.25, 0.3) is 0 Å². The maximum Gasteiger partial charge on any atom is 0.191 e. The van der Waals surface area contributed by atoms with Gasteiger partial charge in [-0.15, -0.1) is 0 Å². The average Bonchev–Trinajstić information content (AvgIpc) is 2.55. The van der Waals surface area contributed by atoms with E-state index in [0.29, 0.717) is 11.7 Å². The van der Waals surface area contributed by atoms with E-state index in [2.05, 4.69) is 38.4 Å². The highest BCUT2D eigenvalue weighted by atomic mass is 79.9. The molecule has 23 heavy (non-hydrogen) atoms. The second kappa shape index (κ2) is 9.07. The number of rotatable bonds is 6. The summed E-state index contributed by atoms with van der Waals surface area (Å²) >= 11 is 8.62. The summed E-state index contributed by atoms with van der Waals surface area (Å²) in [6.07, 6.45) is 3.35. The number of ether oxygens (including phenoxy) is 1. The molecule has 118 valence electrons. The summed E-state index contributed by atoms with van der Waals surface area (Å²) in [5, 5.41) is 7.60. The lowest BCUT2D eigenvalue weighted by Gasteiger charge is -2.08. The highest BCUT2D eigenvalue weighted by molar-refractivity contribution is 9.10. The van der Waals surface area contributed by atoms with Crippen LogP contribution in [0.1, 0.15) is 5.56 Å². The van der Waals surface area contributed by atoms with Crippen LogP contribution in [0, 0.1) is 0 Å². The van der Waals surface area contributed by atoms with Crippen molar-refractivity contribution in [3.05, 3.63) is 71.2 Å². The second-order valence-electron chi connectivity index (χ2n) is 4.47. The Balaban J connectivity index is 1.98. The van der Waals surface area contributed by atoms with Gasteiger partial charge in [0.05, 0.1) is 6.21 Å². The molecule has 0 saturated carbocycles. The number of nitrogens with zero attached hydrogens (tertiary/aromatic N) is 1. The van der Waals surface area contributed by atoms with Crippen molar-refractivity contribution < 1.29 is 4.74 Å². The highest BCUT2D eigenvalue weighted by Crippen LogP contribution is 2.21. The van der Waals surface area contributed by atoms with Gasteiger partial charge >= 0.3 is 0 Å². The van der Waals surface area contributed by atoms with Crippen LogP contribution in [0.2, 0.25) is 0 Å². The number of benzene rings is 2. The molecule has 6 heteroatoms. The zero-order valence-electron chi connectivity index (χ0n) is 12.3. The lowest BCUT2D eigenvalue weighted by Crippen LogP contribution is -2.23. The fraction of sp³-hybridized carbons (Fsp3) is 0.0588. The highest BCUT2D eigenvalue weighted by Gasteiger charge is 2.02. The molecule has 2 N–H and O–H groups in total. The van der Waals surface area contributed by atoms with E-state index in [1.807, 2.05) is 48.5 Å². The molecule has 0 spiro atoms. The maximum atomic E-state index is 5.59. The molecule has 0 aliphatic rings. The third-order valence-corrected chi connectivity index (χ3v) is 3.42. The topological polar surface area (TPSA) is 45.6 Å². The minimum atomic E-state index is 0.413. The summed E-state index contributed by atoms with van der Waals surface area (Å²) in [6.45, 7) is 4.08. The molecular formula is C17H16BrN3OS. The zero-order chi connectivity index (χ0) is 16.5. The molecule has 0 heterocycles. The standard InChI is InChI=1S/C17H16BrN3OS/c1-2-10-22-16-9-8-14(18)11-13(16)12-19-21-17(23)20-15-6-4-3-5-7-15/h2-9,11-12H,1,10H2,(H2,20,21,23)/b19-12+. The summed E-state index contributed by atoms with van der Waals surface area (Å²) in [4.78, 5) is 0. The zero-order valence-corrected chi connectivity index (χ0v) is 14.7. The van der Waals surface area contributed by atoms with E-state index < -0.39 is 0 Å². The number of para-hydroxylation sites is 1. The van der Waals surface area contributed by atoms with E-state index in [1.54, 1.807) is 12.3 Å². The Hall–Kier alpha value is -2.18. The van der Waals surface area contributed by atoms with Gasteiger partial charge < -0.3 is 10.1 Å². The largest absolute Gasteiger partial charge is 0.489 e. The van der Waals surface area contributed by atoms with Crippen LogP contribution in [0.4, 0.5) is 5.69 Å². The average molecular weight is 390 g/mol. The molecule has 0 bridgehead atoms. The minimum Gasteiger partial charge on any atom is -0.489 e. The van der Waals surface area contributed by atoms with E-state index >= 15 is 0 Å². The maximum absolute atomic E-state index is 5.59. The third kappa shape index (κ3) is 5.84. The van der Waals surface area contributed by atoms with Crippen molar-refractivity contribution in [3.63, 3.8) is 0 Å². The van der Waals surface area contributed by atoms with Gasteiger partial charge in [-0.25, -0.2) is 0 Å². The number of thiocarbonyl (C=S) groups is 1. The van der Waals surface area contributed by atoms with E-state index in [-0.39, 0.29) is 0 Å². The summed E-state index contributed by atoms with van der Waals surface area (Å²) in [7, 11) is 0. The Morgan fingerprint density at radius 2 is 2.04 bits per heavy atom. The molecule has 0 aliphatic heterocycles. The molecule has 0 aliphatic carbocycles. The molecule has 0 fully saturated rings. The lowest BCUT2D eigenvalue weighted by atomic mass is 10.2. The van der Waals surface area contributed by atoms with Crippen LogP contribution >= 0.6 is 28.1 Å². The molecule has 0 radical (unpaired) electrons. The van der Waals surface area contributed by atoms with Crippen LogP contribution in [0.5, 0.6) is 5.75 Å². The molecule has 4 nitrogen and oxygen atoms in total. The summed E-state index contributed by atoms with van der Waals surface area (Å²) in [6, 6.07) is 15.3. The molecule has 2 aromatic rings. The van der Waals surface area contributed by atoms with Gasteiger partial charge in [-0.2, -0.15) is 5.10 Å². The van der Waals surface area contributed by atoms with Gasteiger partial charge in [-0.05, 0) is 42.5 Å². The van der Waals surface area contributed by atoms with Crippen LogP contribution in [-0.4, -0.2) is 17.9 Å². The van der Waals surface area contributed by atoms with Crippen molar-refractivity contribution in [2.75, 3.05) is 11.9 Å². The lowest BCUT2D eigenvalue weighted by molar-refractivity contribution is 0.362. The molecule has 0 amide bonds. The molecule has 2 aromatic carbocycles. The smallest absolute Gasteiger partial charge is 0.191 e. The Bertz CT molecular complexity index is 704. The van der Waals surface area contributed by atoms with Crippen LogP contribution in [0.15, 0.2) is 70.8 Å². The number of hydrogen-bond donors (Lipinski definition) is 2. The predicted octanol–water partition coefficient (Wildman–Crippen LogP) is 4.33. The number of hydrogen-bond acceptors (Lipinski definition) is 3. The first-order valence-corrected chi connectivity index (χ1v) is 8.07. The van der Waals surface area contributed by atoms with Crippen molar-refractivity contribution in [2.45, 2.75) is 0 Å². The Morgan fingerprint density at radius 3 is 2.78 bits per heavy atom. The van der Waals surface area contributed by atoms with Crippen molar-refractivity contribution in [1.29, 1.82) is 0 Å². The first-order chi connectivity index (χ1) is 11.2. The van der Waals surface area contributed by atoms with Crippen molar-refractivity contribution in [2.24, 2.45) is 5.10 Å². The fourth-order valence-corrected chi connectivity index (χ4v) is 2.29. The summed E-state index contributed by atoms with van der Waals surface area (Å²) < 4.78 is 6.53. The summed E-state index contributed by atoms with van der Waals surface area (Å²) in [5.41, 5.74) is 4.51. The number of anilines is 1. The first-order valence-electron chi connectivity index (χ1n) is 6.87. The van der Waals surface area contributed by atoms with Gasteiger partial charge in [0.2, 0.25) is 0 Å². The minimum absolute atomic E-state index is 0.413. The van der Waals surface area contributed by atoms with Gasteiger partial charge in [0.25, 0.3) is 0 Å². The Kier molecular flexibility index (Phi) is 6.77. The third-order valence-electron chi connectivity index (χ3n) is 2.73. The van der Waals surface area contributed by atoms with Gasteiger partial charge in [-0.3, -0.25) is 5.43 Å². The molecule has 0 atom stereocenters. The second-order valence-corrected chi connectivity index (χ2v) is 5.80. The number of hydrazone groups is 1. The van der Waals surface area contributed by atoms with Gasteiger partial charge in [0.1, 0.15) is 12.4 Å². The normalized spacial score (nSPS) is 10.3. The monoisotopic (exact) mass is 389 g/mol. The van der Waals surface area contributed by atoms with Crippen molar-refractivity contribution in [3.8, 4) is 5.75 Å². The van der Waals surface area contributed by atoms with Crippen molar-refractivity contribution in [1.82, 2.24) is 5.43 Å². The summed E-state index contributed by atoms with van der Waals surface area (Å²) in [5.74, 6) is 0.723. The van der Waals surface area contributed by atoms with Gasteiger partial charge in [-0.1, -0.05) is 46.8 Å². The molecule has 0 saturated heterocycles. The number of halogens is 1. The van der Waals surface area contributed by atoms with Crippen molar-refractivity contribution >= 4 is 45.2 Å². The molecule has 0 aromatic heterocycles. The van der Waals surface area contributed by atoms with Gasteiger partial charge in [0, 0.05) is 15.7 Å². The van der Waals surface area contributed by atoms with E-state index in [9.17, 15) is 0 Å². The molecular weight excluding hydrogens is 374 g/mol. The van der Waals surface area contributed by atoms with Crippen LogP contribution in [0.3, 0.4) is 0 Å². The first kappa shape index (κ1) is 17.2.